The Morgan fingerprint density at radius 1 is 1.00 bits per heavy atom. The third-order valence-corrected chi connectivity index (χ3v) is 5.36. The normalized spacial score (nSPS) is 11.0. The summed E-state index contributed by atoms with van der Waals surface area (Å²) in [4.78, 5) is 52.7. The minimum absolute atomic E-state index is 0.128. The van der Waals surface area contributed by atoms with Gasteiger partial charge in [0.05, 0.1) is 13.0 Å². The first-order valence-corrected chi connectivity index (χ1v) is 10.9. The van der Waals surface area contributed by atoms with Crippen molar-refractivity contribution in [2.75, 3.05) is 19.0 Å². The molecule has 2 aromatic rings. The molecule has 0 heterocycles. The van der Waals surface area contributed by atoms with E-state index in [-0.39, 0.29) is 12.5 Å². The van der Waals surface area contributed by atoms with E-state index >= 15 is 0 Å². The van der Waals surface area contributed by atoms with Gasteiger partial charge < -0.3 is 14.5 Å². The zero-order valence-electron chi connectivity index (χ0n) is 19.6. The molecular formula is C25H29ClN2O5. The molecule has 0 aliphatic rings. The standard InChI is InChI=1S/C25H29ClN2O5/c1-6-25(2,3)33-24(32)21(29)15-22(30)28(16-17-8-7-9-19(26)14-17)20-12-10-18(11-13-20)23(31)27(4)5/h7-14H,6,15-16H2,1-5H3. The van der Waals surface area contributed by atoms with Crippen molar-refractivity contribution in [2.24, 2.45) is 0 Å². The average molecular weight is 473 g/mol. The van der Waals surface area contributed by atoms with Crippen LogP contribution in [0.4, 0.5) is 5.69 Å². The van der Waals surface area contributed by atoms with Crippen LogP contribution in [-0.2, 0) is 25.7 Å². The molecule has 0 N–H and O–H groups in total. The van der Waals surface area contributed by atoms with Crippen LogP contribution in [0.2, 0.25) is 5.02 Å². The minimum atomic E-state index is -1.04. The highest BCUT2D eigenvalue weighted by molar-refractivity contribution is 6.37. The van der Waals surface area contributed by atoms with E-state index < -0.39 is 29.7 Å². The van der Waals surface area contributed by atoms with Crippen LogP contribution in [0.25, 0.3) is 0 Å². The van der Waals surface area contributed by atoms with Crippen molar-refractivity contribution in [1.29, 1.82) is 0 Å². The van der Waals surface area contributed by atoms with Crippen molar-refractivity contribution in [3.8, 4) is 0 Å². The van der Waals surface area contributed by atoms with Crippen LogP contribution in [0.15, 0.2) is 48.5 Å². The highest BCUT2D eigenvalue weighted by Crippen LogP contribution is 2.22. The van der Waals surface area contributed by atoms with Crippen molar-refractivity contribution < 1.29 is 23.9 Å². The van der Waals surface area contributed by atoms with Gasteiger partial charge in [-0.2, -0.15) is 0 Å². The number of ketones is 1. The molecule has 0 bridgehead atoms. The van der Waals surface area contributed by atoms with E-state index in [4.69, 9.17) is 16.3 Å². The summed E-state index contributed by atoms with van der Waals surface area (Å²) >= 11 is 6.08. The predicted molar refractivity (Wildman–Crippen MR) is 127 cm³/mol. The van der Waals surface area contributed by atoms with Crippen LogP contribution in [0.3, 0.4) is 0 Å². The number of benzene rings is 2. The van der Waals surface area contributed by atoms with Crippen molar-refractivity contribution in [3.63, 3.8) is 0 Å². The second kappa shape index (κ2) is 11.1. The van der Waals surface area contributed by atoms with Gasteiger partial charge in [-0.3, -0.25) is 14.4 Å². The van der Waals surface area contributed by atoms with Crippen molar-refractivity contribution >= 4 is 40.9 Å². The Balaban J connectivity index is 2.28. The molecule has 0 saturated heterocycles. The molecule has 2 rings (SSSR count). The van der Waals surface area contributed by atoms with Crippen LogP contribution in [-0.4, -0.2) is 48.2 Å². The summed E-state index contributed by atoms with van der Waals surface area (Å²) < 4.78 is 5.21. The molecule has 0 aliphatic carbocycles. The first kappa shape index (κ1) is 26.1. The molecule has 0 spiro atoms. The lowest BCUT2D eigenvalue weighted by atomic mass is 10.1. The molecule has 0 aliphatic heterocycles. The van der Waals surface area contributed by atoms with Gasteiger partial charge in [-0.1, -0.05) is 30.7 Å². The minimum Gasteiger partial charge on any atom is -0.454 e. The number of anilines is 1. The summed E-state index contributed by atoms with van der Waals surface area (Å²) in [6, 6.07) is 13.5. The molecule has 0 aromatic heterocycles. The third-order valence-electron chi connectivity index (χ3n) is 5.12. The van der Waals surface area contributed by atoms with Gasteiger partial charge in [0.15, 0.2) is 0 Å². The van der Waals surface area contributed by atoms with E-state index in [2.05, 4.69) is 0 Å². The van der Waals surface area contributed by atoms with E-state index in [1.54, 1.807) is 76.5 Å². The molecule has 0 saturated carbocycles. The summed E-state index contributed by atoms with van der Waals surface area (Å²) in [5, 5.41) is 0.508. The second-order valence-electron chi connectivity index (χ2n) is 8.46. The summed E-state index contributed by atoms with van der Waals surface area (Å²) in [7, 11) is 3.30. The van der Waals surface area contributed by atoms with E-state index in [1.165, 1.54) is 9.80 Å². The average Bonchev–Trinajstić information content (AvgIpc) is 2.76. The fraction of sp³-hybridized carbons (Fsp3) is 0.360. The number of hydrogen-bond acceptors (Lipinski definition) is 5. The van der Waals surface area contributed by atoms with Crippen molar-refractivity contribution in [1.82, 2.24) is 4.90 Å². The van der Waals surface area contributed by atoms with Gasteiger partial charge in [0.1, 0.15) is 5.60 Å². The summed E-state index contributed by atoms with van der Waals surface area (Å²) in [6.45, 7) is 5.35. The van der Waals surface area contributed by atoms with E-state index in [0.29, 0.717) is 22.7 Å². The Kier molecular flexibility index (Phi) is 8.76. The van der Waals surface area contributed by atoms with Crippen LogP contribution in [0.5, 0.6) is 0 Å². The number of amides is 2. The Morgan fingerprint density at radius 3 is 2.18 bits per heavy atom. The Morgan fingerprint density at radius 2 is 1.64 bits per heavy atom. The summed E-state index contributed by atoms with van der Waals surface area (Å²) in [5.74, 6) is -2.70. The van der Waals surface area contributed by atoms with Crippen LogP contribution >= 0.6 is 11.6 Å². The monoisotopic (exact) mass is 472 g/mol. The smallest absolute Gasteiger partial charge is 0.375 e. The molecule has 2 aromatic carbocycles. The van der Waals surface area contributed by atoms with Crippen molar-refractivity contribution in [2.45, 2.75) is 45.8 Å². The van der Waals surface area contributed by atoms with Gasteiger partial charge in [0.25, 0.3) is 5.91 Å². The quantitative estimate of drug-likeness (QED) is 0.309. The van der Waals surface area contributed by atoms with Gasteiger partial charge in [-0.15, -0.1) is 0 Å². The lowest BCUT2D eigenvalue weighted by Crippen LogP contribution is -2.36. The fourth-order valence-corrected chi connectivity index (χ4v) is 3.08. The van der Waals surface area contributed by atoms with Gasteiger partial charge in [0.2, 0.25) is 11.7 Å². The molecule has 176 valence electrons. The maximum atomic E-state index is 13.1. The fourth-order valence-electron chi connectivity index (χ4n) is 2.87. The van der Waals surface area contributed by atoms with Gasteiger partial charge in [0, 0.05) is 30.4 Å². The lowest BCUT2D eigenvalue weighted by Gasteiger charge is -2.25. The van der Waals surface area contributed by atoms with Crippen LogP contribution in [0.1, 0.15) is 49.5 Å². The number of ether oxygens (including phenoxy) is 1. The molecule has 33 heavy (non-hydrogen) atoms. The highest BCUT2D eigenvalue weighted by Gasteiger charge is 2.29. The molecule has 0 atom stereocenters. The first-order chi connectivity index (χ1) is 15.4. The Bertz CT molecular complexity index is 1030. The van der Waals surface area contributed by atoms with Crippen LogP contribution < -0.4 is 4.90 Å². The number of Topliss-reactive ketones (excluding diaryl/α,β-unsaturated/α-hetero) is 1. The molecule has 7 nitrogen and oxygen atoms in total. The molecule has 0 fully saturated rings. The van der Waals surface area contributed by atoms with Crippen molar-refractivity contribution in [3.05, 3.63) is 64.7 Å². The Hall–Kier alpha value is -3.19. The number of esters is 1. The Labute approximate surface area is 199 Å². The SMILES string of the molecule is CCC(C)(C)OC(=O)C(=O)CC(=O)N(Cc1cccc(Cl)c1)c1ccc(C(=O)N(C)C)cc1. The zero-order valence-corrected chi connectivity index (χ0v) is 20.3. The molecule has 2 amide bonds. The van der Waals surface area contributed by atoms with E-state index in [1.807, 2.05) is 6.92 Å². The highest BCUT2D eigenvalue weighted by atomic mass is 35.5. The van der Waals surface area contributed by atoms with E-state index in [0.717, 1.165) is 5.56 Å². The molecule has 8 heteroatoms. The number of nitrogens with zero attached hydrogens (tertiary/aromatic N) is 2. The third kappa shape index (κ3) is 7.43. The maximum Gasteiger partial charge on any atom is 0.375 e. The second-order valence-corrected chi connectivity index (χ2v) is 8.90. The number of carbonyl (C=O) groups is 4. The summed E-state index contributed by atoms with van der Waals surface area (Å²) in [6.07, 6.45) is -0.115. The maximum absolute atomic E-state index is 13.1. The molecule has 0 radical (unpaired) electrons. The zero-order chi connectivity index (χ0) is 24.8. The number of carbonyl (C=O) groups excluding carboxylic acids is 4. The summed E-state index contributed by atoms with van der Waals surface area (Å²) in [5.41, 5.74) is 0.877. The topological polar surface area (TPSA) is 84.0 Å². The number of rotatable bonds is 9. The van der Waals surface area contributed by atoms with E-state index in [9.17, 15) is 19.2 Å². The largest absolute Gasteiger partial charge is 0.454 e. The van der Waals surface area contributed by atoms with Gasteiger partial charge in [-0.05, 0) is 62.2 Å². The van der Waals surface area contributed by atoms with Gasteiger partial charge in [-0.25, -0.2) is 4.79 Å². The molecule has 0 unspecified atom stereocenters. The van der Waals surface area contributed by atoms with Gasteiger partial charge >= 0.3 is 5.97 Å². The number of hydrogen-bond donors (Lipinski definition) is 0. The predicted octanol–water partition coefficient (Wildman–Crippen LogP) is 4.27. The lowest BCUT2D eigenvalue weighted by molar-refractivity contribution is -0.164. The molecular weight excluding hydrogens is 444 g/mol. The number of halogens is 1. The first-order valence-electron chi connectivity index (χ1n) is 10.6. The van der Waals surface area contributed by atoms with Crippen LogP contribution in [0, 0.1) is 0 Å².